The fourth-order valence-corrected chi connectivity index (χ4v) is 3.31. The van der Waals surface area contributed by atoms with Gasteiger partial charge in [-0.1, -0.05) is 0 Å². The number of rotatable bonds is 7. The number of aryl methyl sites for hydroxylation is 1. The van der Waals surface area contributed by atoms with E-state index in [-0.39, 0.29) is 24.0 Å². The van der Waals surface area contributed by atoms with Crippen molar-refractivity contribution in [1.29, 1.82) is 0 Å². The molecule has 1 aromatic heterocycles. The summed E-state index contributed by atoms with van der Waals surface area (Å²) in [6, 6.07) is 0. The quantitative estimate of drug-likeness (QED) is 0.264. The summed E-state index contributed by atoms with van der Waals surface area (Å²) in [5, 5.41) is 15.4. The monoisotopic (exact) mass is 477 g/mol. The highest BCUT2D eigenvalue weighted by Gasteiger charge is 2.15. The van der Waals surface area contributed by atoms with Crippen molar-refractivity contribution in [3.63, 3.8) is 0 Å². The number of nitrogens with zero attached hydrogens (tertiary/aromatic N) is 5. The molecule has 2 aliphatic heterocycles. The number of hydrogen-bond acceptors (Lipinski definition) is 5. The molecule has 9 heteroatoms. The number of nitrogens with one attached hydrogen (secondary N) is 2. The summed E-state index contributed by atoms with van der Waals surface area (Å²) in [6.45, 7) is 10.4. The lowest BCUT2D eigenvalue weighted by molar-refractivity contribution is 0.0376. The van der Waals surface area contributed by atoms with Crippen LogP contribution in [-0.4, -0.2) is 71.6 Å². The molecule has 1 fully saturated rings. The zero-order chi connectivity index (χ0) is 17.3. The molecule has 1 saturated heterocycles. The number of ether oxygens (including phenoxy) is 1. The molecule has 26 heavy (non-hydrogen) atoms. The molecule has 0 amide bonds. The van der Waals surface area contributed by atoms with Crippen molar-refractivity contribution < 1.29 is 4.74 Å². The highest BCUT2D eigenvalue weighted by Crippen LogP contribution is 2.14. The van der Waals surface area contributed by atoms with Gasteiger partial charge in [-0.15, -0.1) is 34.2 Å². The van der Waals surface area contributed by atoms with E-state index in [1.807, 2.05) is 0 Å². The first-order valence-corrected chi connectivity index (χ1v) is 9.60. The lowest BCUT2D eigenvalue weighted by atomic mass is 10.2. The predicted octanol–water partition coefficient (Wildman–Crippen LogP) is 1.01. The molecule has 0 saturated carbocycles. The Labute approximate surface area is 173 Å². The molecule has 0 unspecified atom stereocenters. The number of halogens is 1. The SMILES string of the molecule is CCNC(=NCc1nnc2n1CCCC2)NCCCN1CCOCC1.I. The Kier molecular flexibility index (Phi) is 9.62. The largest absolute Gasteiger partial charge is 0.379 e. The minimum atomic E-state index is 0. The molecule has 0 atom stereocenters. The summed E-state index contributed by atoms with van der Waals surface area (Å²) in [5.74, 6) is 2.94. The second-order valence-electron chi connectivity index (χ2n) is 6.57. The lowest BCUT2D eigenvalue weighted by Gasteiger charge is -2.26. The van der Waals surface area contributed by atoms with Crippen LogP contribution in [0.2, 0.25) is 0 Å². The van der Waals surface area contributed by atoms with Gasteiger partial charge in [0.25, 0.3) is 0 Å². The van der Waals surface area contributed by atoms with Crippen LogP contribution in [0.5, 0.6) is 0 Å². The van der Waals surface area contributed by atoms with Crippen LogP contribution in [-0.2, 0) is 24.2 Å². The number of morpholine rings is 1. The van der Waals surface area contributed by atoms with Crippen molar-refractivity contribution in [2.45, 2.75) is 45.7 Å². The molecule has 148 valence electrons. The van der Waals surface area contributed by atoms with E-state index < -0.39 is 0 Å². The van der Waals surface area contributed by atoms with Gasteiger partial charge in [0.1, 0.15) is 12.4 Å². The highest BCUT2D eigenvalue weighted by atomic mass is 127. The minimum absolute atomic E-state index is 0. The Morgan fingerprint density at radius 3 is 2.81 bits per heavy atom. The molecule has 2 N–H and O–H groups in total. The van der Waals surface area contributed by atoms with Gasteiger partial charge in [0.05, 0.1) is 13.2 Å². The number of guanidine groups is 1. The van der Waals surface area contributed by atoms with Gasteiger partial charge < -0.3 is 19.9 Å². The van der Waals surface area contributed by atoms with Crippen LogP contribution in [0, 0.1) is 0 Å². The molecular formula is C17H32IN7O. The zero-order valence-electron chi connectivity index (χ0n) is 15.7. The molecular weight excluding hydrogens is 445 g/mol. The van der Waals surface area contributed by atoms with Gasteiger partial charge in [0.2, 0.25) is 0 Å². The zero-order valence-corrected chi connectivity index (χ0v) is 18.1. The van der Waals surface area contributed by atoms with Crippen LogP contribution in [0.3, 0.4) is 0 Å². The Hall–Kier alpha value is -0.940. The van der Waals surface area contributed by atoms with Crippen molar-refractivity contribution in [2.75, 3.05) is 45.9 Å². The highest BCUT2D eigenvalue weighted by molar-refractivity contribution is 14.0. The lowest BCUT2D eigenvalue weighted by Crippen LogP contribution is -2.40. The first kappa shape index (κ1) is 21.4. The second kappa shape index (κ2) is 11.7. The first-order chi connectivity index (χ1) is 12.4. The topological polar surface area (TPSA) is 79.6 Å². The molecule has 8 nitrogen and oxygen atoms in total. The molecule has 0 aromatic carbocycles. The predicted molar refractivity (Wildman–Crippen MR) is 113 cm³/mol. The number of hydrogen-bond donors (Lipinski definition) is 2. The van der Waals surface area contributed by atoms with E-state index in [1.165, 1.54) is 12.8 Å². The normalized spacial score (nSPS) is 18.1. The summed E-state index contributed by atoms with van der Waals surface area (Å²) in [5.41, 5.74) is 0. The van der Waals surface area contributed by atoms with Crippen molar-refractivity contribution in [2.24, 2.45) is 4.99 Å². The van der Waals surface area contributed by atoms with Crippen LogP contribution in [0.1, 0.15) is 37.8 Å². The van der Waals surface area contributed by atoms with E-state index in [0.29, 0.717) is 6.54 Å². The fourth-order valence-electron chi connectivity index (χ4n) is 3.31. The van der Waals surface area contributed by atoms with Gasteiger partial charge in [-0.2, -0.15) is 0 Å². The summed E-state index contributed by atoms with van der Waals surface area (Å²) in [6.07, 6.45) is 4.57. The second-order valence-corrected chi connectivity index (χ2v) is 6.57. The standard InChI is InChI=1S/C17H31N7O.HI/c1-2-18-17(19-7-5-8-23-10-12-25-13-11-23)20-14-16-22-21-15-6-3-4-9-24(15)16;/h2-14H2,1H3,(H2,18,19,20);1H. The average molecular weight is 477 g/mol. The van der Waals surface area contributed by atoms with Crippen molar-refractivity contribution >= 4 is 29.9 Å². The van der Waals surface area contributed by atoms with Gasteiger partial charge in [-0.05, 0) is 32.7 Å². The third-order valence-corrected chi connectivity index (χ3v) is 4.71. The summed E-state index contributed by atoms with van der Waals surface area (Å²) < 4.78 is 7.61. The molecule has 0 radical (unpaired) electrons. The number of fused-ring (bicyclic) bond motifs is 1. The smallest absolute Gasteiger partial charge is 0.191 e. The van der Waals surface area contributed by atoms with E-state index in [1.54, 1.807) is 0 Å². The maximum Gasteiger partial charge on any atom is 0.191 e. The summed E-state index contributed by atoms with van der Waals surface area (Å²) >= 11 is 0. The molecule has 1 aromatic rings. The Morgan fingerprint density at radius 1 is 1.15 bits per heavy atom. The molecule has 3 heterocycles. The van der Waals surface area contributed by atoms with Crippen molar-refractivity contribution in [1.82, 2.24) is 30.3 Å². The van der Waals surface area contributed by atoms with Crippen LogP contribution in [0.15, 0.2) is 4.99 Å². The summed E-state index contributed by atoms with van der Waals surface area (Å²) in [4.78, 5) is 7.14. The number of aliphatic imine (C=N–C) groups is 1. The molecule has 0 aliphatic carbocycles. The Balaban J connectivity index is 0.00000243. The number of aromatic nitrogens is 3. The van der Waals surface area contributed by atoms with Crippen LogP contribution < -0.4 is 10.6 Å². The fraction of sp³-hybridized carbons (Fsp3) is 0.824. The van der Waals surface area contributed by atoms with E-state index in [4.69, 9.17) is 4.74 Å². The van der Waals surface area contributed by atoms with Gasteiger partial charge in [0, 0.05) is 39.1 Å². The van der Waals surface area contributed by atoms with E-state index >= 15 is 0 Å². The van der Waals surface area contributed by atoms with Crippen LogP contribution >= 0.6 is 24.0 Å². The van der Waals surface area contributed by atoms with Gasteiger partial charge in [-0.25, -0.2) is 4.99 Å². The minimum Gasteiger partial charge on any atom is -0.379 e. The molecule has 3 rings (SSSR count). The third kappa shape index (κ3) is 6.34. The van der Waals surface area contributed by atoms with Crippen molar-refractivity contribution in [3.8, 4) is 0 Å². The van der Waals surface area contributed by atoms with E-state index in [2.05, 4.69) is 42.2 Å². The molecule has 0 spiro atoms. The van der Waals surface area contributed by atoms with Crippen molar-refractivity contribution in [3.05, 3.63) is 11.6 Å². The Bertz CT molecular complexity index is 557. The van der Waals surface area contributed by atoms with Crippen LogP contribution in [0.4, 0.5) is 0 Å². The van der Waals surface area contributed by atoms with E-state index in [0.717, 1.165) is 82.9 Å². The maximum atomic E-state index is 5.38. The maximum absolute atomic E-state index is 5.38. The average Bonchev–Trinajstić information content (AvgIpc) is 3.07. The third-order valence-electron chi connectivity index (χ3n) is 4.71. The molecule has 0 bridgehead atoms. The molecule has 2 aliphatic rings. The summed E-state index contributed by atoms with van der Waals surface area (Å²) in [7, 11) is 0. The van der Waals surface area contributed by atoms with Crippen LogP contribution in [0.25, 0.3) is 0 Å². The van der Waals surface area contributed by atoms with E-state index in [9.17, 15) is 0 Å². The Morgan fingerprint density at radius 2 is 2.00 bits per heavy atom. The van der Waals surface area contributed by atoms with Gasteiger partial charge >= 0.3 is 0 Å². The van der Waals surface area contributed by atoms with Gasteiger partial charge in [0.15, 0.2) is 11.8 Å². The first-order valence-electron chi connectivity index (χ1n) is 9.60. The van der Waals surface area contributed by atoms with Gasteiger partial charge in [-0.3, -0.25) is 4.90 Å².